The van der Waals surface area contributed by atoms with Crippen LogP contribution in [0.25, 0.3) is 0 Å². The van der Waals surface area contributed by atoms with Crippen molar-refractivity contribution in [1.82, 2.24) is 5.32 Å². The molecule has 2 aliphatic heterocycles. The molecular formula is C10H19NOS. The number of hydrogen-bond donors (Lipinski definition) is 1. The molecule has 1 N–H and O–H groups in total. The zero-order valence-corrected chi connectivity index (χ0v) is 8.94. The van der Waals surface area contributed by atoms with E-state index in [0.717, 1.165) is 19.1 Å². The molecule has 2 saturated heterocycles. The zero-order chi connectivity index (χ0) is 8.93. The van der Waals surface area contributed by atoms with Crippen molar-refractivity contribution in [3.05, 3.63) is 0 Å². The van der Waals surface area contributed by atoms with Gasteiger partial charge in [-0.3, -0.25) is 0 Å². The highest BCUT2D eigenvalue weighted by Gasteiger charge is 2.18. The van der Waals surface area contributed by atoms with Gasteiger partial charge in [-0.1, -0.05) is 0 Å². The summed E-state index contributed by atoms with van der Waals surface area (Å²) in [6, 6.07) is 0.638. The van der Waals surface area contributed by atoms with Crippen LogP contribution in [0.3, 0.4) is 0 Å². The van der Waals surface area contributed by atoms with Crippen LogP contribution >= 0.6 is 11.8 Å². The molecule has 1 unspecified atom stereocenters. The summed E-state index contributed by atoms with van der Waals surface area (Å²) in [5, 5.41) is 3.63. The van der Waals surface area contributed by atoms with Crippen molar-refractivity contribution in [3.8, 4) is 0 Å². The molecular weight excluding hydrogens is 182 g/mol. The molecule has 0 aromatic rings. The summed E-state index contributed by atoms with van der Waals surface area (Å²) in [5.41, 5.74) is 0. The predicted molar refractivity (Wildman–Crippen MR) is 57.3 cm³/mol. The third kappa shape index (κ3) is 3.15. The van der Waals surface area contributed by atoms with Gasteiger partial charge < -0.3 is 10.1 Å². The Hall–Kier alpha value is 0.270. The van der Waals surface area contributed by atoms with E-state index in [0.29, 0.717) is 6.04 Å². The van der Waals surface area contributed by atoms with Gasteiger partial charge in [0, 0.05) is 12.6 Å². The largest absolute Gasteiger partial charge is 0.380 e. The highest BCUT2D eigenvalue weighted by atomic mass is 32.2. The van der Waals surface area contributed by atoms with Crippen LogP contribution in [0, 0.1) is 5.92 Å². The lowest BCUT2D eigenvalue weighted by molar-refractivity contribution is 0.0694. The topological polar surface area (TPSA) is 21.3 Å². The molecule has 0 aliphatic carbocycles. The summed E-state index contributed by atoms with van der Waals surface area (Å²) in [6.45, 7) is 3.11. The van der Waals surface area contributed by atoms with Crippen LogP contribution in [0.15, 0.2) is 0 Å². The molecule has 13 heavy (non-hydrogen) atoms. The summed E-state index contributed by atoms with van der Waals surface area (Å²) >= 11 is 2.10. The van der Waals surface area contributed by atoms with Crippen LogP contribution in [0.1, 0.15) is 19.3 Å². The highest BCUT2D eigenvalue weighted by molar-refractivity contribution is 7.99. The first-order chi connectivity index (χ1) is 6.45. The summed E-state index contributed by atoms with van der Waals surface area (Å²) in [4.78, 5) is 0. The Balaban J connectivity index is 1.60. The quantitative estimate of drug-likeness (QED) is 0.748. The van der Waals surface area contributed by atoms with Crippen molar-refractivity contribution in [3.63, 3.8) is 0 Å². The lowest BCUT2D eigenvalue weighted by atomic mass is 10.1. The predicted octanol–water partition coefficient (Wildman–Crippen LogP) is 1.51. The van der Waals surface area contributed by atoms with Gasteiger partial charge in [-0.05, 0) is 43.2 Å². The normalized spacial score (nSPS) is 35.1. The maximum Gasteiger partial charge on any atom is 0.0619 e. The van der Waals surface area contributed by atoms with Gasteiger partial charge in [0.15, 0.2) is 0 Å². The minimum atomic E-state index is 0.638. The third-order valence-corrected chi connectivity index (χ3v) is 4.11. The molecule has 2 nitrogen and oxygen atoms in total. The smallest absolute Gasteiger partial charge is 0.0619 e. The fourth-order valence-electron chi connectivity index (χ4n) is 1.98. The average Bonchev–Trinajstić information content (AvgIpc) is 2.69. The van der Waals surface area contributed by atoms with Crippen LogP contribution in [-0.2, 0) is 4.74 Å². The molecule has 0 amide bonds. The van der Waals surface area contributed by atoms with Crippen molar-refractivity contribution in [2.24, 2.45) is 5.92 Å². The van der Waals surface area contributed by atoms with E-state index in [1.54, 1.807) is 0 Å². The molecule has 0 bridgehead atoms. The van der Waals surface area contributed by atoms with Crippen molar-refractivity contribution < 1.29 is 4.74 Å². The number of rotatable bonds is 3. The van der Waals surface area contributed by atoms with E-state index in [9.17, 15) is 0 Å². The number of thioether (sulfide) groups is 1. The second-order valence-electron chi connectivity index (χ2n) is 4.05. The lowest BCUT2D eigenvalue weighted by Crippen LogP contribution is -2.39. The van der Waals surface area contributed by atoms with Crippen LogP contribution in [-0.4, -0.2) is 37.3 Å². The van der Waals surface area contributed by atoms with Crippen LogP contribution in [0.4, 0.5) is 0 Å². The van der Waals surface area contributed by atoms with Crippen molar-refractivity contribution in [1.29, 1.82) is 0 Å². The fourth-order valence-corrected chi connectivity index (χ4v) is 3.26. The maximum atomic E-state index is 5.43. The number of hydrogen-bond acceptors (Lipinski definition) is 3. The van der Waals surface area contributed by atoms with E-state index in [4.69, 9.17) is 4.74 Å². The molecule has 2 heterocycles. The van der Waals surface area contributed by atoms with Gasteiger partial charge >= 0.3 is 0 Å². The van der Waals surface area contributed by atoms with Gasteiger partial charge in [0.2, 0.25) is 0 Å². The van der Waals surface area contributed by atoms with E-state index < -0.39 is 0 Å². The van der Waals surface area contributed by atoms with Crippen molar-refractivity contribution >= 4 is 11.8 Å². The molecule has 0 aromatic heterocycles. The minimum absolute atomic E-state index is 0.638. The van der Waals surface area contributed by atoms with Crippen LogP contribution in [0.2, 0.25) is 0 Å². The van der Waals surface area contributed by atoms with Gasteiger partial charge in [-0.25, -0.2) is 0 Å². The second-order valence-corrected chi connectivity index (χ2v) is 5.20. The zero-order valence-electron chi connectivity index (χ0n) is 8.13. The molecule has 2 rings (SSSR count). The van der Waals surface area contributed by atoms with Gasteiger partial charge in [0.05, 0.1) is 6.61 Å². The Morgan fingerprint density at radius 1 is 1.38 bits per heavy atom. The van der Waals surface area contributed by atoms with Crippen LogP contribution < -0.4 is 5.32 Å². The Kier molecular flexibility index (Phi) is 3.94. The van der Waals surface area contributed by atoms with E-state index in [-0.39, 0.29) is 0 Å². The number of ether oxygens (including phenoxy) is 1. The molecule has 76 valence electrons. The van der Waals surface area contributed by atoms with Crippen molar-refractivity contribution in [2.45, 2.75) is 25.3 Å². The Morgan fingerprint density at radius 2 is 2.38 bits per heavy atom. The van der Waals surface area contributed by atoms with Gasteiger partial charge in [0.25, 0.3) is 0 Å². The third-order valence-electron chi connectivity index (χ3n) is 2.88. The molecule has 2 atom stereocenters. The molecule has 0 radical (unpaired) electrons. The molecule has 0 spiro atoms. The lowest BCUT2D eigenvalue weighted by Gasteiger charge is -2.24. The summed E-state index contributed by atoms with van der Waals surface area (Å²) in [7, 11) is 0. The first-order valence-corrected chi connectivity index (χ1v) is 6.49. The standard InChI is InChI=1S/C10H19NOS/c1-2-10(7-12-4-1)11-6-9-3-5-13-8-9/h9-11H,1-8H2/t9?,10-/m1/s1. The Bertz CT molecular complexity index is 142. The molecule has 3 heteroatoms. The summed E-state index contributed by atoms with van der Waals surface area (Å²) in [5.74, 6) is 3.65. The van der Waals surface area contributed by atoms with E-state index in [2.05, 4.69) is 17.1 Å². The Morgan fingerprint density at radius 3 is 3.08 bits per heavy atom. The van der Waals surface area contributed by atoms with Crippen LogP contribution in [0.5, 0.6) is 0 Å². The molecule has 2 fully saturated rings. The van der Waals surface area contributed by atoms with Gasteiger partial charge in [0.1, 0.15) is 0 Å². The summed E-state index contributed by atoms with van der Waals surface area (Å²) in [6.07, 6.45) is 3.95. The van der Waals surface area contributed by atoms with Gasteiger partial charge in [-0.15, -0.1) is 0 Å². The first kappa shape index (κ1) is 9.81. The molecule has 2 aliphatic rings. The van der Waals surface area contributed by atoms with Crippen molar-refractivity contribution in [2.75, 3.05) is 31.3 Å². The van der Waals surface area contributed by atoms with E-state index in [1.807, 2.05) is 0 Å². The Labute approximate surface area is 84.8 Å². The maximum absolute atomic E-state index is 5.43. The molecule has 0 aromatic carbocycles. The van der Waals surface area contributed by atoms with Gasteiger partial charge in [-0.2, -0.15) is 11.8 Å². The SMILES string of the molecule is C1COC[C@H](NCC2CCSC2)C1. The first-order valence-electron chi connectivity index (χ1n) is 5.34. The fraction of sp³-hybridized carbons (Fsp3) is 1.00. The van der Waals surface area contributed by atoms with E-state index >= 15 is 0 Å². The minimum Gasteiger partial charge on any atom is -0.380 e. The highest BCUT2D eigenvalue weighted by Crippen LogP contribution is 2.22. The monoisotopic (exact) mass is 201 g/mol. The second kappa shape index (κ2) is 5.23. The average molecular weight is 201 g/mol. The summed E-state index contributed by atoms with van der Waals surface area (Å²) < 4.78 is 5.43. The number of nitrogens with one attached hydrogen (secondary N) is 1. The molecule has 0 saturated carbocycles. The van der Waals surface area contributed by atoms with E-state index in [1.165, 1.54) is 37.3 Å².